The number of aliphatic hydroxyl groups is 1. The van der Waals surface area contributed by atoms with E-state index >= 15 is 0 Å². The fourth-order valence-corrected chi connectivity index (χ4v) is 5.85. The van der Waals surface area contributed by atoms with Crippen LogP contribution in [0.1, 0.15) is 144 Å². The number of hydrogen-bond donors (Lipinski definition) is 1. The summed E-state index contributed by atoms with van der Waals surface area (Å²) in [6.07, 6.45) is 18.9. The van der Waals surface area contributed by atoms with E-state index in [1.165, 1.54) is 77.0 Å². The van der Waals surface area contributed by atoms with Gasteiger partial charge in [-0.3, -0.25) is 14.4 Å². The second-order valence-corrected chi connectivity index (χ2v) is 12.0. The number of unbranched alkanes of at least 4 members (excludes halogenated alkanes) is 14. The average molecular weight is 596 g/mol. The van der Waals surface area contributed by atoms with Crippen LogP contribution < -0.4 is 0 Å². The first-order valence-corrected chi connectivity index (χ1v) is 16.8. The zero-order valence-corrected chi connectivity index (χ0v) is 26.3. The minimum atomic E-state index is -1.07. The highest BCUT2D eigenvalue weighted by molar-refractivity contribution is 6.08. The maximum absolute atomic E-state index is 12.9. The standard InChI is InChI=1S/C36H53NO6/c1-2-3-4-5-6-7-8-9-10-11-12-13-14-15-19-22-34(39)42-27-30(38)28-43-36(41)31-25-26-37-32(31)23-24-33(37)35(40)29-20-17-16-18-21-29/h16-18,20-21,23-24,30-31,38H,2-15,19,22,25-28H2,1H3/t30-,31?/m0/s1. The second-order valence-electron chi connectivity index (χ2n) is 12.0. The number of hydrogen-bond acceptors (Lipinski definition) is 6. The quantitative estimate of drug-likeness (QED) is 0.0797. The smallest absolute Gasteiger partial charge is 0.315 e. The highest BCUT2D eigenvalue weighted by Crippen LogP contribution is 2.32. The van der Waals surface area contributed by atoms with E-state index in [9.17, 15) is 19.5 Å². The molecule has 7 heteroatoms. The van der Waals surface area contributed by atoms with E-state index in [-0.39, 0.29) is 25.0 Å². The van der Waals surface area contributed by atoms with Gasteiger partial charge in [0, 0.05) is 24.2 Å². The summed E-state index contributed by atoms with van der Waals surface area (Å²) in [5.41, 5.74) is 1.90. The molecule has 2 aromatic rings. The topological polar surface area (TPSA) is 94.8 Å². The Morgan fingerprint density at radius 1 is 0.767 bits per heavy atom. The van der Waals surface area contributed by atoms with Crippen molar-refractivity contribution < 1.29 is 29.0 Å². The van der Waals surface area contributed by atoms with Crippen LogP contribution in [0, 0.1) is 0 Å². The van der Waals surface area contributed by atoms with Crippen molar-refractivity contribution in [3.63, 3.8) is 0 Å². The Morgan fingerprint density at radius 2 is 1.33 bits per heavy atom. The third-order valence-electron chi connectivity index (χ3n) is 8.41. The third kappa shape index (κ3) is 12.3. The molecule has 2 atom stereocenters. The van der Waals surface area contributed by atoms with Crippen LogP contribution in [-0.2, 0) is 25.6 Å². The molecule has 0 bridgehead atoms. The molecule has 0 amide bonds. The molecule has 0 saturated heterocycles. The van der Waals surface area contributed by atoms with Gasteiger partial charge in [0.2, 0.25) is 5.78 Å². The molecule has 0 saturated carbocycles. The number of esters is 2. The van der Waals surface area contributed by atoms with E-state index in [4.69, 9.17) is 9.47 Å². The van der Waals surface area contributed by atoms with Crippen molar-refractivity contribution in [1.29, 1.82) is 0 Å². The number of fused-ring (bicyclic) bond motifs is 1. The lowest BCUT2D eigenvalue weighted by molar-refractivity contribution is -0.153. The molecule has 1 aliphatic rings. The normalized spacial score (nSPS) is 14.8. The van der Waals surface area contributed by atoms with Gasteiger partial charge in [-0.15, -0.1) is 0 Å². The summed E-state index contributed by atoms with van der Waals surface area (Å²) >= 11 is 0. The summed E-state index contributed by atoms with van der Waals surface area (Å²) in [7, 11) is 0. The molecule has 3 rings (SSSR count). The Hall–Kier alpha value is -2.93. The summed E-state index contributed by atoms with van der Waals surface area (Å²) in [6.45, 7) is 2.38. The molecule has 1 aliphatic heterocycles. The van der Waals surface area contributed by atoms with E-state index in [0.29, 0.717) is 30.6 Å². The van der Waals surface area contributed by atoms with Gasteiger partial charge in [-0.25, -0.2) is 0 Å². The molecule has 2 heterocycles. The zero-order chi connectivity index (χ0) is 30.7. The molecule has 1 aromatic carbocycles. The number of carbonyl (C=O) groups excluding carboxylic acids is 3. The van der Waals surface area contributed by atoms with Crippen LogP contribution in [-0.4, -0.2) is 46.7 Å². The van der Waals surface area contributed by atoms with Gasteiger partial charge in [0.25, 0.3) is 0 Å². The maximum Gasteiger partial charge on any atom is 0.315 e. The van der Waals surface area contributed by atoms with Gasteiger partial charge >= 0.3 is 11.9 Å². The average Bonchev–Trinajstić information content (AvgIpc) is 3.63. The van der Waals surface area contributed by atoms with E-state index in [0.717, 1.165) is 25.0 Å². The van der Waals surface area contributed by atoms with Crippen LogP contribution in [0.25, 0.3) is 0 Å². The fraction of sp³-hybridized carbons (Fsp3) is 0.639. The predicted octanol–water partition coefficient (Wildman–Crippen LogP) is 7.92. The minimum Gasteiger partial charge on any atom is -0.463 e. The lowest BCUT2D eigenvalue weighted by atomic mass is 10.0. The molecule has 1 N–H and O–H groups in total. The number of aromatic nitrogens is 1. The van der Waals surface area contributed by atoms with Crippen LogP contribution in [0.3, 0.4) is 0 Å². The first-order chi connectivity index (χ1) is 21.0. The fourth-order valence-electron chi connectivity index (χ4n) is 5.85. The Morgan fingerprint density at radius 3 is 1.93 bits per heavy atom. The third-order valence-corrected chi connectivity index (χ3v) is 8.41. The molecule has 7 nitrogen and oxygen atoms in total. The number of rotatable bonds is 23. The molecular formula is C36H53NO6. The van der Waals surface area contributed by atoms with Gasteiger partial charge in [-0.2, -0.15) is 0 Å². The van der Waals surface area contributed by atoms with Crippen LogP contribution in [0.4, 0.5) is 0 Å². The van der Waals surface area contributed by atoms with E-state index in [2.05, 4.69) is 6.92 Å². The molecule has 1 unspecified atom stereocenters. The van der Waals surface area contributed by atoms with Crippen molar-refractivity contribution in [3.05, 3.63) is 59.4 Å². The largest absolute Gasteiger partial charge is 0.463 e. The molecule has 0 spiro atoms. The summed E-state index contributed by atoms with van der Waals surface area (Å²) in [6, 6.07) is 12.6. The Balaban J connectivity index is 1.18. The van der Waals surface area contributed by atoms with E-state index in [1.807, 2.05) is 22.8 Å². The number of nitrogens with zero attached hydrogens (tertiary/aromatic N) is 1. The second kappa shape index (κ2) is 20.1. The van der Waals surface area contributed by atoms with Crippen molar-refractivity contribution in [3.8, 4) is 0 Å². The van der Waals surface area contributed by atoms with Crippen molar-refractivity contribution in [2.45, 2.75) is 135 Å². The van der Waals surface area contributed by atoms with Gasteiger partial charge in [0.1, 0.15) is 19.3 Å². The zero-order valence-electron chi connectivity index (χ0n) is 26.3. The number of aliphatic hydroxyl groups excluding tert-OH is 1. The van der Waals surface area contributed by atoms with Crippen molar-refractivity contribution in [2.24, 2.45) is 0 Å². The van der Waals surface area contributed by atoms with Crippen molar-refractivity contribution in [1.82, 2.24) is 4.57 Å². The van der Waals surface area contributed by atoms with Gasteiger partial charge in [0.05, 0.1) is 11.6 Å². The number of ketones is 1. The van der Waals surface area contributed by atoms with Crippen molar-refractivity contribution >= 4 is 17.7 Å². The highest BCUT2D eigenvalue weighted by Gasteiger charge is 2.33. The highest BCUT2D eigenvalue weighted by atomic mass is 16.6. The number of carbonyl (C=O) groups is 3. The molecule has 0 fully saturated rings. The monoisotopic (exact) mass is 595 g/mol. The van der Waals surface area contributed by atoms with E-state index < -0.39 is 18.0 Å². The molecule has 0 aliphatic carbocycles. The molecule has 0 radical (unpaired) electrons. The molecule has 1 aromatic heterocycles. The van der Waals surface area contributed by atoms with Gasteiger partial charge in [0.15, 0.2) is 0 Å². The molecular weight excluding hydrogens is 542 g/mol. The van der Waals surface area contributed by atoms with Crippen LogP contribution >= 0.6 is 0 Å². The van der Waals surface area contributed by atoms with Crippen LogP contribution in [0.2, 0.25) is 0 Å². The Labute approximate surface area is 258 Å². The summed E-state index contributed by atoms with van der Waals surface area (Å²) < 4.78 is 12.4. The Bertz CT molecular complexity index is 1090. The summed E-state index contributed by atoms with van der Waals surface area (Å²) in [4.78, 5) is 37.7. The number of ether oxygens (including phenoxy) is 2. The molecule has 238 valence electrons. The summed E-state index contributed by atoms with van der Waals surface area (Å²) in [5.74, 6) is -1.34. The SMILES string of the molecule is CCCCCCCCCCCCCCCCCC(=O)OC[C@H](O)COC(=O)C1CCn2c(C(=O)c3ccccc3)ccc21. The van der Waals surface area contributed by atoms with E-state index in [1.54, 1.807) is 24.3 Å². The predicted molar refractivity (Wildman–Crippen MR) is 169 cm³/mol. The number of benzene rings is 1. The lowest BCUT2D eigenvalue weighted by Crippen LogP contribution is -2.26. The summed E-state index contributed by atoms with van der Waals surface area (Å²) in [5, 5.41) is 10.2. The van der Waals surface area contributed by atoms with Crippen LogP contribution in [0.5, 0.6) is 0 Å². The maximum atomic E-state index is 12.9. The Kier molecular flexibility index (Phi) is 16.2. The first-order valence-electron chi connectivity index (χ1n) is 16.8. The lowest BCUT2D eigenvalue weighted by Gasteiger charge is -2.14. The minimum absolute atomic E-state index is 0.0811. The van der Waals surface area contributed by atoms with Gasteiger partial charge in [-0.05, 0) is 25.0 Å². The van der Waals surface area contributed by atoms with Gasteiger partial charge < -0.3 is 19.1 Å². The first kappa shape index (κ1) is 34.6. The van der Waals surface area contributed by atoms with Crippen LogP contribution in [0.15, 0.2) is 42.5 Å². The van der Waals surface area contributed by atoms with Gasteiger partial charge in [-0.1, -0.05) is 127 Å². The molecule has 43 heavy (non-hydrogen) atoms. The van der Waals surface area contributed by atoms with Crippen molar-refractivity contribution in [2.75, 3.05) is 13.2 Å².